The maximum Gasteiger partial charge on any atom is 0.330 e. The molecule has 1 unspecified atom stereocenters. The summed E-state index contributed by atoms with van der Waals surface area (Å²) in [6.45, 7) is 0.785. The van der Waals surface area contributed by atoms with Gasteiger partial charge < -0.3 is 9.64 Å². The Morgan fingerprint density at radius 1 is 1.50 bits per heavy atom. The molecule has 118 valence electrons. The molecule has 0 aliphatic carbocycles. The second kappa shape index (κ2) is 7.26. The van der Waals surface area contributed by atoms with Gasteiger partial charge in [-0.2, -0.15) is 0 Å². The van der Waals surface area contributed by atoms with E-state index in [1.54, 1.807) is 12.1 Å². The number of methoxy groups -OCH3 is 1. The highest BCUT2D eigenvalue weighted by molar-refractivity contribution is 6.33. The van der Waals surface area contributed by atoms with Crippen LogP contribution in [0.2, 0.25) is 5.02 Å². The molecule has 1 saturated heterocycles. The van der Waals surface area contributed by atoms with Gasteiger partial charge in [-0.05, 0) is 25.3 Å². The molecule has 0 radical (unpaired) electrons. The number of nitro benzene ring substituents is 1. The minimum absolute atomic E-state index is 0.0202. The van der Waals surface area contributed by atoms with E-state index < -0.39 is 10.9 Å². The Kier molecular flexibility index (Phi) is 5.38. The van der Waals surface area contributed by atoms with Gasteiger partial charge in [0.05, 0.1) is 22.7 Å². The summed E-state index contributed by atoms with van der Waals surface area (Å²) in [4.78, 5) is 23.6. The highest BCUT2D eigenvalue weighted by Gasteiger charge is 2.23. The monoisotopic (exact) mass is 324 g/mol. The van der Waals surface area contributed by atoms with Gasteiger partial charge in [-0.25, -0.2) is 4.79 Å². The standard InChI is InChI=1S/C15H17ClN2O4/c1-22-15(19)8-6-11-4-2-3-9-17(11)14-7-5-12(18(20)21)10-13(14)16/h5-8,10-11H,2-4,9H2,1H3/b8-6+. The van der Waals surface area contributed by atoms with Crippen LogP contribution >= 0.6 is 11.6 Å². The van der Waals surface area contributed by atoms with Gasteiger partial charge in [0, 0.05) is 30.8 Å². The zero-order chi connectivity index (χ0) is 16.1. The summed E-state index contributed by atoms with van der Waals surface area (Å²) >= 11 is 6.20. The van der Waals surface area contributed by atoms with Crippen molar-refractivity contribution in [1.29, 1.82) is 0 Å². The summed E-state index contributed by atoms with van der Waals surface area (Å²) in [6, 6.07) is 4.47. The minimum Gasteiger partial charge on any atom is -0.466 e. The number of hydrogen-bond acceptors (Lipinski definition) is 5. The number of nitrogens with zero attached hydrogens (tertiary/aromatic N) is 2. The van der Waals surface area contributed by atoms with Gasteiger partial charge in [0.2, 0.25) is 0 Å². The zero-order valence-electron chi connectivity index (χ0n) is 12.2. The van der Waals surface area contributed by atoms with Gasteiger partial charge in [0.15, 0.2) is 0 Å². The number of ether oxygens (including phenoxy) is 1. The maximum atomic E-state index is 11.3. The average Bonchev–Trinajstić information content (AvgIpc) is 2.52. The zero-order valence-corrected chi connectivity index (χ0v) is 13.0. The van der Waals surface area contributed by atoms with Gasteiger partial charge in [-0.3, -0.25) is 10.1 Å². The number of rotatable bonds is 4. The molecular weight excluding hydrogens is 308 g/mol. The minimum atomic E-state index is -0.472. The van der Waals surface area contributed by atoms with Crippen molar-refractivity contribution < 1.29 is 14.5 Å². The number of non-ortho nitro benzene ring substituents is 1. The van der Waals surface area contributed by atoms with Crippen molar-refractivity contribution in [2.45, 2.75) is 25.3 Å². The molecule has 1 heterocycles. The first-order valence-corrected chi connectivity index (χ1v) is 7.37. The predicted octanol–water partition coefficient (Wildman–Crippen LogP) is 3.34. The van der Waals surface area contributed by atoms with E-state index in [1.165, 1.54) is 25.3 Å². The molecule has 6 nitrogen and oxygen atoms in total. The molecule has 0 N–H and O–H groups in total. The highest BCUT2D eigenvalue weighted by Crippen LogP contribution is 2.34. The van der Waals surface area contributed by atoms with Crippen LogP contribution in [-0.2, 0) is 9.53 Å². The Morgan fingerprint density at radius 3 is 2.91 bits per heavy atom. The van der Waals surface area contributed by atoms with E-state index in [1.807, 2.05) is 0 Å². The van der Waals surface area contributed by atoms with Crippen LogP contribution in [0.1, 0.15) is 19.3 Å². The van der Waals surface area contributed by atoms with Crippen LogP contribution in [0.15, 0.2) is 30.4 Å². The highest BCUT2D eigenvalue weighted by atomic mass is 35.5. The van der Waals surface area contributed by atoms with Gasteiger partial charge >= 0.3 is 5.97 Å². The first-order chi connectivity index (χ1) is 10.5. The van der Waals surface area contributed by atoms with Crippen molar-refractivity contribution in [3.8, 4) is 0 Å². The molecule has 1 fully saturated rings. The van der Waals surface area contributed by atoms with Crippen LogP contribution in [-0.4, -0.2) is 30.6 Å². The Morgan fingerprint density at radius 2 is 2.27 bits per heavy atom. The number of carbonyl (C=O) groups is 1. The second-order valence-electron chi connectivity index (χ2n) is 5.03. The van der Waals surface area contributed by atoms with Crippen LogP contribution < -0.4 is 4.90 Å². The van der Waals surface area contributed by atoms with E-state index in [9.17, 15) is 14.9 Å². The molecule has 1 aromatic carbocycles. The molecule has 1 atom stereocenters. The molecule has 0 aromatic heterocycles. The molecule has 0 bridgehead atoms. The van der Waals surface area contributed by atoms with Crippen molar-refractivity contribution in [3.63, 3.8) is 0 Å². The van der Waals surface area contributed by atoms with Crippen LogP contribution in [0.4, 0.5) is 11.4 Å². The SMILES string of the molecule is COC(=O)/C=C/C1CCCCN1c1ccc([N+](=O)[O-])cc1Cl. The molecule has 1 aromatic rings. The second-order valence-corrected chi connectivity index (χ2v) is 5.44. The fourth-order valence-corrected chi connectivity index (χ4v) is 2.84. The van der Waals surface area contributed by atoms with E-state index in [2.05, 4.69) is 9.64 Å². The Labute approximate surface area is 133 Å². The van der Waals surface area contributed by atoms with E-state index >= 15 is 0 Å². The fourth-order valence-electron chi connectivity index (χ4n) is 2.56. The lowest BCUT2D eigenvalue weighted by molar-refractivity contribution is -0.384. The number of piperidine rings is 1. The van der Waals surface area contributed by atoms with Gasteiger partial charge in [0.1, 0.15) is 0 Å². The predicted molar refractivity (Wildman–Crippen MR) is 84.2 cm³/mol. The Bertz CT molecular complexity index is 603. The van der Waals surface area contributed by atoms with Gasteiger partial charge in [-0.1, -0.05) is 17.7 Å². The number of benzene rings is 1. The van der Waals surface area contributed by atoms with E-state index in [0.29, 0.717) is 5.02 Å². The number of hydrogen-bond donors (Lipinski definition) is 0. The average molecular weight is 325 g/mol. The third kappa shape index (κ3) is 3.76. The van der Waals surface area contributed by atoms with Crippen molar-refractivity contribution in [3.05, 3.63) is 45.5 Å². The number of carbonyl (C=O) groups excluding carboxylic acids is 1. The van der Waals surface area contributed by atoms with Crippen molar-refractivity contribution >= 4 is 28.9 Å². The van der Waals surface area contributed by atoms with Crippen molar-refractivity contribution in [2.24, 2.45) is 0 Å². The topological polar surface area (TPSA) is 72.7 Å². The molecular formula is C15H17ClN2O4. The molecule has 22 heavy (non-hydrogen) atoms. The van der Waals surface area contributed by atoms with Crippen molar-refractivity contribution in [2.75, 3.05) is 18.6 Å². The molecule has 0 spiro atoms. The van der Waals surface area contributed by atoms with Crippen LogP contribution in [0.25, 0.3) is 0 Å². The van der Waals surface area contributed by atoms with Crippen LogP contribution in [0, 0.1) is 10.1 Å². The Balaban J connectivity index is 2.25. The third-order valence-electron chi connectivity index (χ3n) is 3.66. The molecule has 0 amide bonds. The van der Waals surface area contributed by atoms with Gasteiger partial charge in [-0.15, -0.1) is 0 Å². The summed E-state index contributed by atoms with van der Waals surface area (Å²) in [7, 11) is 1.33. The lowest BCUT2D eigenvalue weighted by Crippen LogP contribution is -2.38. The Hall–Kier alpha value is -2.08. The van der Waals surface area contributed by atoms with E-state index in [0.717, 1.165) is 31.5 Å². The first-order valence-electron chi connectivity index (χ1n) is 6.99. The summed E-state index contributed by atoms with van der Waals surface area (Å²) in [6.07, 6.45) is 6.15. The van der Waals surface area contributed by atoms with Crippen LogP contribution in [0.5, 0.6) is 0 Å². The van der Waals surface area contributed by atoms with E-state index in [4.69, 9.17) is 11.6 Å². The third-order valence-corrected chi connectivity index (χ3v) is 3.96. The van der Waals surface area contributed by atoms with E-state index in [-0.39, 0.29) is 11.7 Å². The number of esters is 1. The smallest absolute Gasteiger partial charge is 0.330 e. The molecule has 2 rings (SSSR count). The number of nitro groups is 1. The normalized spacial score (nSPS) is 18.5. The molecule has 0 saturated carbocycles. The molecule has 7 heteroatoms. The summed E-state index contributed by atoms with van der Waals surface area (Å²) in [5.74, 6) is -0.402. The number of halogens is 1. The summed E-state index contributed by atoms with van der Waals surface area (Å²) < 4.78 is 4.60. The summed E-state index contributed by atoms with van der Waals surface area (Å²) in [5, 5.41) is 11.1. The lowest BCUT2D eigenvalue weighted by Gasteiger charge is -2.36. The van der Waals surface area contributed by atoms with Gasteiger partial charge in [0.25, 0.3) is 5.69 Å². The van der Waals surface area contributed by atoms with Crippen LogP contribution in [0.3, 0.4) is 0 Å². The lowest BCUT2D eigenvalue weighted by atomic mass is 10.0. The maximum absolute atomic E-state index is 11.3. The molecule has 1 aliphatic rings. The molecule has 1 aliphatic heterocycles. The quantitative estimate of drug-likeness (QED) is 0.367. The fraction of sp³-hybridized carbons (Fsp3) is 0.400. The first kappa shape index (κ1) is 16.3. The largest absolute Gasteiger partial charge is 0.466 e. The van der Waals surface area contributed by atoms with Crippen molar-refractivity contribution in [1.82, 2.24) is 0 Å². The number of anilines is 1. The summed E-state index contributed by atoms with van der Waals surface area (Å²) in [5.41, 5.74) is 0.707.